The summed E-state index contributed by atoms with van der Waals surface area (Å²) < 4.78 is 1.82. The molecule has 0 radical (unpaired) electrons. The summed E-state index contributed by atoms with van der Waals surface area (Å²) in [6.45, 7) is 9.54. The van der Waals surface area contributed by atoms with Gasteiger partial charge in [-0.2, -0.15) is 5.10 Å². The molecule has 1 heterocycles. The van der Waals surface area contributed by atoms with E-state index < -0.39 is 23.2 Å². The number of carbonyl (C=O) groups is 2. The van der Waals surface area contributed by atoms with Gasteiger partial charge in [-0.25, -0.2) is 0 Å². The van der Waals surface area contributed by atoms with Gasteiger partial charge in [-0.1, -0.05) is 13.8 Å². The van der Waals surface area contributed by atoms with Gasteiger partial charge in [0.15, 0.2) is 5.82 Å². The average molecular weight is 279 g/mol. The third-order valence-electron chi connectivity index (χ3n) is 4.04. The smallest absolute Gasteiger partial charge is 0.307 e. The number of amides is 1. The molecule has 1 aromatic heterocycles. The van der Waals surface area contributed by atoms with Crippen LogP contribution in [-0.4, -0.2) is 26.8 Å². The second kappa shape index (κ2) is 4.61. The Morgan fingerprint density at radius 2 is 2.00 bits per heavy atom. The summed E-state index contributed by atoms with van der Waals surface area (Å²) in [6.07, 6.45) is 0. The summed E-state index contributed by atoms with van der Waals surface area (Å²) in [4.78, 5) is 23.3. The van der Waals surface area contributed by atoms with Crippen LogP contribution in [0.25, 0.3) is 0 Å². The number of hydrogen-bond donors (Lipinski definition) is 2. The maximum atomic E-state index is 12.2. The van der Waals surface area contributed by atoms with Crippen molar-refractivity contribution in [1.29, 1.82) is 0 Å². The van der Waals surface area contributed by atoms with Gasteiger partial charge in [0.25, 0.3) is 0 Å². The van der Waals surface area contributed by atoms with Crippen LogP contribution in [0.15, 0.2) is 6.07 Å². The summed E-state index contributed by atoms with van der Waals surface area (Å²) in [5.41, 5.74) is 0.464. The Labute approximate surface area is 118 Å². The largest absolute Gasteiger partial charge is 0.481 e. The van der Waals surface area contributed by atoms with Crippen molar-refractivity contribution in [2.24, 2.45) is 17.3 Å². The van der Waals surface area contributed by atoms with E-state index in [1.165, 1.54) is 0 Å². The quantitative estimate of drug-likeness (QED) is 0.883. The van der Waals surface area contributed by atoms with Crippen LogP contribution in [0.3, 0.4) is 0 Å². The zero-order valence-electron chi connectivity index (χ0n) is 12.5. The molecule has 0 saturated heterocycles. The fourth-order valence-corrected chi connectivity index (χ4v) is 2.86. The minimum atomic E-state index is -0.918. The van der Waals surface area contributed by atoms with Gasteiger partial charge in [0.2, 0.25) is 5.91 Å². The number of aliphatic carboxylic acids is 1. The molecule has 1 aromatic rings. The van der Waals surface area contributed by atoms with E-state index in [2.05, 4.69) is 10.4 Å². The molecule has 1 aliphatic rings. The van der Waals surface area contributed by atoms with E-state index in [0.717, 1.165) is 5.69 Å². The topological polar surface area (TPSA) is 84.2 Å². The molecule has 1 aliphatic carbocycles. The lowest BCUT2D eigenvalue weighted by molar-refractivity contribution is -0.140. The van der Waals surface area contributed by atoms with Crippen LogP contribution < -0.4 is 5.32 Å². The molecule has 1 fully saturated rings. The van der Waals surface area contributed by atoms with Crippen molar-refractivity contribution in [2.75, 3.05) is 5.32 Å². The van der Waals surface area contributed by atoms with Crippen molar-refractivity contribution in [2.45, 2.75) is 40.7 Å². The first-order valence-corrected chi connectivity index (χ1v) is 6.76. The van der Waals surface area contributed by atoms with Crippen LogP contribution in [0.2, 0.25) is 0 Å². The van der Waals surface area contributed by atoms with Gasteiger partial charge >= 0.3 is 5.97 Å². The zero-order valence-corrected chi connectivity index (χ0v) is 12.5. The second-order valence-electron chi connectivity index (χ2n) is 6.31. The molecule has 2 N–H and O–H groups in total. The molecule has 0 spiro atoms. The number of aromatic nitrogens is 2. The van der Waals surface area contributed by atoms with Crippen molar-refractivity contribution in [1.82, 2.24) is 9.78 Å². The van der Waals surface area contributed by atoms with Crippen molar-refractivity contribution in [3.63, 3.8) is 0 Å². The lowest BCUT2D eigenvalue weighted by atomic mass is 10.1. The Morgan fingerprint density at radius 3 is 2.40 bits per heavy atom. The minimum absolute atomic E-state index is 0.213. The van der Waals surface area contributed by atoms with Crippen LogP contribution in [0.1, 0.15) is 39.4 Å². The molecule has 0 unspecified atom stereocenters. The summed E-state index contributed by atoms with van der Waals surface area (Å²) >= 11 is 0. The number of carbonyl (C=O) groups excluding carboxylic acids is 1. The summed E-state index contributed by atoms with van der Waals surface area (Å²) in [5.74, 6) is -1.82. The molecule has 0 aromatic carbocycles. The van der Waals surface area contributed by atoms with Gasteiger partial charge in [-0.05, 0) is 26.2 Å². The van der Waals surface area contributed by atoms with Gasteiger partial charge in [0.1, 0.15) is 0 Å². The highest BCUT2D eigenvalue weighted by atomic mass is 16.4. The molecular weight excluding hydrogens is 258 g/mol. The number of aryl methyl sites for hydroxylation is 1. The molecular formula is C14H21N3O3. The third-order valence-corrected chi connectivity index (χ3v) is 4.04. The highest BCUT2D eigenvalue weighted by molar-refractivity contribution is 5.99. The monoisotopic (exact) mass is 279 g/mol. The first-order chi connectivity index (χ1) is 9.16. The highest BCUT2D eigenvalue weighted by Crippen LogP contribution is 2.58. The standard InChI is InChI=1S/C14H21N3O3/c1-7(2)17-8(3)6-9(16-17)15-12(18)10-11(13(19)20)14(10,4)5/h6-7,10-11H,1-5H3,(H,19,20)(H,15,16,18)/t10-,11+/m0/s1. The van der Waals surface area contributed by atoms with Crippen LogP contribution in [0.4, 0.5) is 5.82 Å². The van der Waals surface area contributed by atoms with Gasteiger partial charge < -0.3 is 10.4 Å². The molecule has 0 aliphatic heterocycles. The molecule has 1 amide bonds. The number of nitrogens with zero attached hydrogens (tertiary/aromatic N) is 2. The maximum Gasteiger partial charge on any atom is 0.307 e. The van der Waals surface area contributed by atoms with Crippen molar-refractivity contribution < 1.29 is 14.7 Å². The van der Waals surface area contributed by atoms with E-state index in [1.54, 1.807) is 19.9 Å². The summed E-state index contributed by atoms with van der Waals surface area (Å²) in [5, 5.41) is 16.1. The lowest BCUT2D eigenvalue weighted by Gasteiger charge is -2.07. The molecule has 20 heavy (non-hydrogen) atoms. The van der Waals surface area contributed by atoms with E-state index in [0.29, 0.717) is 5.82 Å². The van der Waals surface area contributed by atoms with E-state index in [1.807, 2.05) is 25.5 Å². The predicted octanol–water partition coefficient (Wildman–Crippen LogP) is 2.07. The molecule has 2 atom stereocenters. The summed E-state index contributed by atoms with van der Waals surface area (Å²) in [6, 6.07) is 2.01. The lowest BCUT2D eigenvalue weighted by Crippen LogP contribution is -2.18. The van der Waals surface area contributed by atoms with Crippen LogP contribution in [0.5, 0.6) is 0 Å². The van der Waals surface area contributed by atoms with Gasteiger partial charge in [-0.3, -0.25) is 14.3 Å². The van der Waals surface area contributed by atoms with Gasteiger partial charge in [0.05, 0.1) is 11.8 Å². The van der Waals surface area contributed by atoms with Crippen molar-refractivity contribution >= 4 is 17.7 Å². The van der Waals surface area contributed by atoms with Crippen LogP contribution in [-0.2, 0) is 9.59 Å². The first kappa shape index (κ1) is 14.6. The summed E-state index contributed by atoms with van der Waals surface area (Å²) in [7, 11) is 0. The molecule has 110 valence electrons. The Kier molecular flexibility index (Phi) is 3.36. The average Bonchev–Trinajstić information content (AvgIpc) is 2.68. The fourth-order valence-electron chi connectivity index (χ4n) is 2.86. The Morgan fingerprint density at radius 1 is 1.40 bits per heavy atom. The van der Waals surface area contributed by atoms with Crippen molar-refractivity contribution in [3.8, 4) is 0 Å². The Balaban J connectivity index is 2.10. The number of hydrogen-bond acceptors (Lipinski definition) is 3. The van der Waals surface area contributed by atoms with E-state index in [9.17, 15) is 9.59 Å². The fraction of sp³-hybridized carbons (Fsp3) is 0.643. The first-order valence-electron chi connectivity index (χ1n) is 6.76. The Hall–Kier alpha value is -1.85. The van der Waals surface area contributed by atoms with E-state index in [4.69, 9.17) is 5.11 Å². The number of carboxylic acid groups (broad SMARTS) is 1. The molecule has 6 heteroatoms. The molecule has 0 bridgehead atoms. The minimum Gasteiger partial charge on any atom is -0.481 e. The van der Waals surface area contributed by atoms with E-state index in [-0.39, 0.29) is 11.9 Å². The SMILES string of the molecule is Cc1cc(NC(=O)[C@@H]2[C@H](C(=O)O)C2(C)C)nn1C(C)C. The number of carboxylic acids is 1. The number of nitrogens with one attached hydrogen (secondary N) is 1. The zero-order chi connectivity index (χ0) is 15.2. The van der Waals surface area contributed by atoms with Gasteiger partial charge in [0, 0.05) is 17.8 Å². The normalized spacial score (nSPS) is 23.7. The molecule has 6 nitrogen and oxygen atoms in total. The third kappa shape index (κ3) is 2.30. The number of rotatable bonds is 4. The van der Waals surface area contributed by atoms with Crippen molar-refractivity contribution in [3.05, 3.63) is 11.8 Å². The van der Waals surface area contributed by atoms with Crippen LogP contribution in [0, 0.1) is 24.2 Å². The molecule has 1 saturated carbocycles. The highest BCUT2D eigenvalue weighted by Gasteiger charge is 2.65. The second-order valence-corrected chi connectivity index (χ2v) is 6.31. The molecule has 2 rings (SSSR count). The van der Waals surface area contributed by atoms with E-state index >= 15 is 0 Å². The Bertz CT molecular complexity index is 560. The van der Waals surface area contributed by atoms with Crippen LogP contribution >= 0.6 is 0 Å². The predicted molar refractivity (Wildman–Crippen MR) is 74.4 cm³/mol. The van der Waals surface area contributed by atoms with Gasteiger partial charge in [-0.15, -0.1) is 0 Å². The number of anilines is 1. The maximum absolute atomic E-state index is 12.2.